The van der Waals surface area contributed by atoms with E-state index in [1.807, 2.05) is 0 Å². The third-order valence-electron chi connectivity index (χ3n) is 1.18. The molecule has 0 unspecified atom stereocenters. The SMILES string of the molecule is Clc1cnc(Sc2ncco2)nc1. The Hall–Kier alpha value is -1.07. The smallest absolute Gasteiger partial charge is 0.263 e. The quantitative estimate of drug-likeness (QED) is 0.717. The lowest BCUT2D eigenvalue weighted by Gasteiger charge is -1.93. The number of rotatable bonds is 2. The number of halogens is 1. The summed E-state index contributed by atoms with van der Waals surface area (Å²) in [6.45, 7) is 0. The maximum absolute atomic E-state index is 5.62. The van der Waals surface area contributed by atoms with E-state index in [4.69, 9.17) is 16.0 Å². The molecular formula is C7H4ClN3OS. The lowest BCUT2D eigenvalue weighted by atomic mass is 10.7. The van der Waals surface area contributed by atoms with Gasteiger partial charge in [-0.2, -0.15) is 0 Å². The van der Waals surface area contributed by atoms with Crippen LogP contribution >= 0.6 is 23.4 Å². The first-order chi connectivity index (χ1) is 6.34. The van der Waals surface area contributed by atoms with Crippen LogP contribution in [0.25, 0.3) is 0 Å². The average Bonchev–Trinajstić information content (AvgIpc) is 2.62. The summed E-state index contributed by atoms with van der Waals surface area (Å²) in [5.74, 6) is 0. The first kappa shape index (κ1) is 8.52. The van der Waals surface area contributed by atoms with Crippen molar-refractivity contribution < 1.29 is 4.42 Å². The van der Waals surface area contributed by atoms with Crippen LogP contribution < -0.4 is 0 Å². The molecule has 0 aliphatic heterocycles. The molecule has 0 saturated heterocycles. The van der Waals surface area contributed by atoms with Crippen LogP contribution in [0.1, 0.15) is 0 Å². The van der Waals surface area contributed by atoms with Crippen molar-refractivity contribution >= 4 is 23.4 Å². The van der Waals surface area contributed by atoms with E-state index in [9.17, 15) is 0 Å². The maximum Gasteiger partial charge on any atom is 0.263 e. The second-order valence-electron chi connectivity index (χ2n) is 2.08. The van der Waals surface area contributed by atoms with Crippen molar-refractivity contribution in [2.24, 2.45) is 0 Å². The van der Waals surface area contributed by atoms with Gasteiger partial charge in [-0.1, -0.05) is 11.6 Å². The largest absolute Gasteiger partial charge is 0.440 e. The molecule has 0 amide bonds. The number of hydrogen-bond donors (Lipinski definition) is 0. The molecule has 0 fully saturated rings. The molecule has 0 bridgehead atoms. The van der Waals surface area contributed by atoms with Crippen molar-refractivity contribution in [3.8, 4) is 0 Å². The highest BCUT2D eigenvalue weighted by atomic mass is 35.5. The van der Waals surface area contributed by atoms with Crippen molar-refractivity contribution in [2.45, 2.75) is 10.4 Å². The minimum atomic E-state index is 0.511. The molecule has 2 rings (SSSR count). The number of hydrogen-bond acceptors (Lipinski definition) is 5. The van der Waals surface area contributed by atoms with Gasteiger partial charge in [0.15, 0.2) is 5.16 Å². The van der Waals surface area contributed by atoms with Crippen molar-refractivity contribution in [1.82, 2.24) is 15.0 Å². The fraction of sp³-hybridized carbons (Fsp3) is 0. The Labute approximate surface area is 83.4 Å². The summed E-state index contributed by atoms with van der Waals surface area (Å²) in [6, 6.07) is 0. The van der Waals surface area contributed by atoms with E-state index in [0.717, 1.165) is 0 Å². The first-order valence-corrected chi connectivity index (χ1v) is 4.59. The summed E-state index contributed by atoms with van der Waals surface area (Å²) in [5, 5.41) is 1.59. The topological polar surface area (TPSA) is 51.8 Å². The Morgan fingerprint density at radius 1 is 1.23 bits per heavy atom. The summed E-state index contributed by atoms with van der Waals surface area (Å²) < 4.78 is 5.01. The van der Waals surface area contributed by atoms with Crippen molar-refractivity contribution in [3.05, 3.63) is 29.9 Å². The Kier molecular flexibility index (Phi) is 2.47. The third kappa shape index (κ3) is 2.19. The van der Waals surface area contributed by atoms with Crippen LogP contribution in [0.5, 0.6) is 0 Å². The highest BCUT2D eigenvalue weighted by molar-refractivity contribution is 7.98. The summed E-state index contributed by atoms with van der Waals surface area (Å²) in [5.41, 5.74) is 0. The normalized spacial score (nSPS) is 10.2. The standard InChI is InChI=1S/C7H4ClN3OS/c8-5-3-10-6(11-4-5)13-7-9-1-2-12-7/h1-4H. The fourth-order valence-electron chi connectivity index (χ4n) is 0.692. The Morgan fingerprint density at radius 2 is 2.00 bits per heavy atom. The highest BCUT2D eigenvalue weighted by Crippen LogP contribution is 2.22. The van der Waals surface area contributed by atoms with Gasteiger partial charge >= 0.3 is 0 Å². The van der Waals surface area contributed by atoms with E-state index in [1.165, 1.54) is 30.4 Å². The van der Waals surface area contributed by atoms with Gasteiger partial charge in [-0.05, 0) is 0 Å². The molecule has 0 aliphatic rings. The van der Waals surface area contributed by atoms with E-state index in [2.05, 4.69) is 15.0 Å². The molecular weight excluding hydrogens is 210 g/mol. The second kappa shape index (κ2) is 3.76. The molecule has 2 aromatic rings. The van der Waals surface area contributed by atoms with Gasteiger partial charge in [0, 0.05) is 11.8 Å². The Morgan fingerprint density at radius 3 is 2.62 bits per heavy atom. The minimum absolute atomic E-state index is 0.511. The lowest BCUT2D eigenvalue weighted by Crippen LogP contribution is -1.83. The van der Waals surface area contributed by atoms with Crippen LogP contribution in [-0.4, -0.2) is 15.0 Å². The molecule has 2 aromatic heterocycles. The minimum Gasteiger partial charge on any atom is -0.440 e. The van der Waals surface area contributed by atoms with Gasteiger partial charge in [0.2, 0.25) is 0 Å². The number of oxazole rings is 1. The number of aromatic nitrogens is 3. The van der Waals surface area contributed by atoms with E-state index in [1.54, 1.807) is 6.20 Å². The van der Waals surface area contributed by atoms with Gasteiger partial charge in [-0.15, -0.1) is 0 Å². The van der Waals surface area contributed by atoms with E-state index in [0.29, 0.717) is 15.4 Å². The van der Waals surface area contributed by atoms with E-state index >= 15 is 0 Å². The first-order valence-electron chi connectivity index (χ1n) is 3.39. The molecule has 0 saturated carbocycles. The lowest BCUT2D eigenvalue weighted by molar-refractivity contribution is 0.453. The molecule has 0 N–H and O–H groups in total. The van der Waals surface area contributed by atoms with Crippen LogP contribution in [0.4, 0.5) is 0 Å². The zero-order valence-corrected chi connectivity index (χ0v) is 7.92. The molecule has 2 heterocycles. The van der Waals surface area contributed by atoms with Crippen molar-refractivity contribution in [3.63, 3.8) is 0 Å². The maximum atomic E-state index is 5.62. The van der Waals surface area contributed by atoms with Crippen molar-refractivity contribution in [2.75, 3.05) is 0 Å². The summed E-state index contributed by atoms with van der Waals surface area (Å²) in [6.07, 6.45) is 6.12. The van der Waals surface area contributed by atoms with E-state index < -0.39 is 0 Å². The van der Waals surface area contributed by atoms with Gasteiger partial charge in [-0.3, -0.25) is 0 Å². The zero-order valence-electron chi connectivity index (χ0n) is 6.35. The molecule has 0 atom stereocenters. The zero-order chi connectivity index (χ0) is 9.10. The summed E-state index contributed by atoms with van der Waals surface area (Å²) >= 11 is 6.86. The molecule has 4 nitrogen and oxygen atoms in total. The van der Waals surface area contributed by atoms with Gasteiger partial charge in [0.05, 0.1) is 23.6 Å². The van der Waals surface area contributed by atoms with Crippen molar-refractivity contribution in [1.29, 1.82) is 0 Å². The third-order valence-corrected chi connectivity index (χ3v) is 2.15. The van der Waals surface area contributed by atoms with Crippen LogP contribution in [-0.2, 0) is 0 Å². The van der Waals surface area contributed by atoms with Gasteiger partial charge < -0.3 is 4.42 Å². The Bertz CT molecular complexity index is 375. The second-order valence-corrected chi connectivity index (χ2v) is 3.44. The molecule has 6 heteroatoms. The van der Waals surface area contributed by atoms with Gasteiger partial charge in [0.1, 0.15) is 6.26 Å². The fourth-order valence-corrected chi connectivity index (χ4v) is 1.37. The molecule has 0 aliphatic carbocycles. The summed E-state index contributed by atoms with van der Waals surface area (Å²) in [4.78, 5) is 11.9. The molecule has 0 radical (unpaired) electrons. The number of nitrogens with zero attached hydrogens (tertiary/aromatic N) is 3. The van der Waals surface area contributed by atoms with Gasteiger partial charge in [0.25, 0.3) is 5.22 Å². The molecule has 13 heavy (non-hydrogen) atoms. The van der Waals surface area contributed by atoms with Crippen LogP contribution in [0.3, 0.4) is 0 Å². The molecule has 0 aromatic carbocycles. The predicted octanol–water partition coefficient (Wildman–Crippen LogP) is 2.27. The predicted molar refractivity (Wildman–Crippen MR) is 47.7 cm³/mol. The highest BCUT2D eigenvalue weighted by Gasteiger charge is 2.03. The van der Waals surface area contributed by atoms with Gasteiger partial charge in [-0.25, -0.2) is 15.0 Å². The van der Waals surface area contributed by atoms with Crippen LogP contribution in [0.15, 0.2) is 39.7 Å². The average molecular weight is 214 g/mol. The summed E-state index contributed by atoms with van der Waals surface area (Å²) in [7, 11) is 0. The van der Waals surface area contributed by atoms with Crippen LogP contribution in [0.2, 0.25) is 5.02 Å². The monoisotopic (exact) mass is 213 g/mol. The van der Waals surface area contributed by atoms with Crippen LogP contribution in [0, 0.1) is 0 Å². The molecule has 0 spiro atoms. The van der Waals surface area contributed by atoms with E-state index in [-0.39, 0.29) is 0 Å². The Balaban J connectivity index is 2.15. The molecule has 66 valence electrons.